The highest BCUT2D eigenvalue weighted by Gasteiger charge is 2.23. The van der Waals surface area contributed by atoms with Crippen LogP contribution in [0.4, 0.5) is 5.69 Å². The van der Waals surface area contributed by atoms with Gasteiger partial charge < -0.3 is 14.5 Å². The quantitative estimate of drug-likeness (QED) is 0.366. The van der Waals surface area contributed by atoms with Crippen LogP contribution in [0.25, 0.3) is 11.1 Å². The summed E-state index contributed by atoms with van der Waals surface area (Å²) < 4.78 is 5.66. The second-order valence-corrected chi connectivity index (χ2v) is 9.31. The predicted molar refractivity (Wildman–Crippen MR) is 149 cm³/mol. The van der Waals surface area contributed by atoms with Crippen molar-refractivity contribution in [3.63, 3.8) is 0 Å². The van der Waals surface area contributed by atoms with Gasteiger partial charge in [0.1, 0.15) is 5.75 Å². The number of hydrogen-bond donors (Lipinski definition) is 0. The molecule has 1 heterocycles. The van der Waals surface area contributed by atoms with Crippen LogP contribution in [-0.2, 0) is 0 Å². The zero-order chi connectivity index (χ0) is 25.5. The normalized spacial score (nSPS) is 14.9. The Morgan fingerprint density at radius 1 is 0.861 bits per heavy atom. The summed E-state index contributed by atoms with van der Waals surface area (Å²) in [6, 6.07) is 25.7. The van der Waals surface area contributed by atoms with Gasteiger partial charge in [0.2, 0.25) is 0 Å². The number of rotatable bonds is 9. The molecule has 3 aromatic carbocycles. The minimum Gasteiger partial charge on any atom is -0.494 e. The van der Waals surface area contributed by atoms with E-state index in [1.807, 2.05) is 49.9 Å². The average molecular weight is 486 g/mol. The summed E-state index contributed by atoms with van der Waals surface area (Å²) in [6.45, 7) is 14.5. The number of benzene rings is 3. The zero-order valence-corrected chi connectivity index (χ0v) is 22.1. The Kier molecular flexibility index (Phi) is 8.65. The number of ether oxygens (including phenoxy) is 1. The third kappa shape index (κ3) is 5.90. The Morgan fingerprint density at radius 3 is 2.14 bits per heavy atom. The van der Waals surface area contributed by atoms with Crippen LogP contribution >= 0.6 is 0 Å². The SMILES string of the molecule is CCOc1cccc(-c2ccc(C(C)N3CCN(c4ccc(C(=O)N(CC)CC)cc4)CC3)cc2)c1. The fourth-order valence-corrected chi connectivity index (χ4v) is 4.97. The molecule has 1 unspecified atom stereocenters. The molecule has 5 nitrogen and oxygen atoms in total. The molecular formula is C31H39N3O2. The minimum absolute atomic E-state index is 0.109. The Bertz CT molecular complexity index is 1120. The Labute approximate surface area is 216 Å². The number of piperazine rings is 1. The molecule has 3 aromatic rings. The van der Waals surface area contributed by atoms with E-state index >= 15 is 0 Å². The van der Waals surface area contributed by atoms with Gasteiger partial charge in [0.25, 0.3) is 5.91 Å². The van der Waals surface area contributed by atoms with E-state index in [1.54, 1.807) is 0 Å². The molecular weight excluding hydrogens is 446 g/mol. The van der Waals surface area contributed by atoms with Gasteiger partial charge >= 0.3 is 0 Å². The van der Waals surface area contributed by atoms with Crippen molar-refractivity contribution in [2.75, 3.05) is 50.8 Å². The first-order valence-electron chi connectivity index (χ1n) is 13.3. The van der Waals surface area contributed by atoms with Crippen molar-refractivity contribution in [3.05, 3.63) is 83.9 Å². The van der Waals surface area contributed by atoms with Gasteiger partial charge in [0.15, 0.2) is 0 Å². The predicted octanol–water partition coefficient (Wildman–Crippen LogP) is 6.12. The van der Waals surface area contributed by atoms with Gasteiger partial charge in [-0.15, -0.1) is 0 Å². The van der Waals surface area contributed by atoms with Crippen LogP contribution < -0.4 is 9.64 Å². The molecule has 0 bridgehead atoms. The van der Waals surface area contributed by atoms with Crippen molar-refractivity contribution >= 4 is 11.6 Å². The molecule has 4 rings (SSSR count). The second-order valence-electron chi connectivity index (χ2n) is 9.31. The molecule has 36 heavy (non-hydrogen) atoms. The van der Waals surface area contributed by atoms with Crippen LogP contribution in [0.1, 0.15) is 49.7 Å². The van der Waals surface area contributed by atoms with Crippen LogP contribution in [0.3, 0.4) is 0 Å². The maximum atomic E-state index is 12.6. The largest absolute Gasteiger partial charge is 0.494 e. The van der Waals surface area contributed by atoms with E-state index in [2.05, 4.69) is 65.3 Å². The van der Waals surface area contributed by atoms with Crippen molar-refractivity contribution < 1.29 is 9.53 Å². The molecule has 0 aromatic heterocycles. The monoisotopic (exact) mass is 485 g/mol. The standard InChI is InChI=1S/C31H39N3O2/c1-5-32(6-2)31(35)27-15-17-29(18-16-27)34-21-19-33(20-22-34)24(4)25-11-13-26(14-12-25)28-9-8-10-30(23-28)36-7-3/h8-18,23-24H,5-7,19-22H2,1-4H3. The summed E-state index contributed by atoms with van der Waals surface area (Å²) in [7, 11) is 0. The third-order valence-electron chi connectivity index (χ3n) is 7.26. The number of hydrogen-bond acceptors (Lipinski definition) is 4. The molecule has 0 saturated carbocycles. The highest BCUT2D eigenvalue weighted by atomic mass is 16.5. The molecule has 1 saturated heterocycles. The van der Waals surface area contributed by atoms with Crippen LogP contribution in [0.5, 0.6) is 5.75 Å². The molecule has 0 spiro atoms. The van der Waals surface area contributed by atoms with E-state index in [0.717, 1.165) is 50.6 Å². The Balaban J connectivity index is 1.34. The van der Waals surface area contributed by atoms with Crippen LogP contribution in [0.15, 0.2) is 72.8 Å². The lowest BCUT2D eigenvalue weighted by Gasteiger charge is -2.39. The average Bonchev–Trinajstić information content (AvgIpc) is 2.94. The summed E-state index contributed by atoms with van der Waals surface area (Å²) in [5.41, 5.74) is 5.69. The van der Waals surface area contributed by atoms with Gasteiger partial charge in [-0.25, -0.2) is 0 Å². The molecule has 0 aliphatic carbocycles. The number of nitrogens with zero attached hydrogens (tertiary/aromatic N) is 3. The van der Waals surface area contributed by atoms with Crippen molar-refractivity contribution in [2.45, 2.75) is 33.7 Å². The topological polar surface area (TPSA) is 36.0 Å². The Morgan fingerprint density at radius 2 is 1.53 bits per heavy atom. The molecule has 0 radical (unpaired) electrons. The zero-order valence-electron chi connectivity index (χ0n) is 22.1. The lowest BCUT2D eigenvalue weighted by molar-refractivity contribution is 0.0773. The molecule has 1 aliphatic rings. The third-order valence-corrected chi connectivity index (χ3v) is 7.26. The molecule has 5 heteroatoms. The summed E-state index contributed by atoms with van der Waals surface area (Å²) in [5, 5.41) is 0. The van der Waals surface area contributed by atoms with E-state index < -0.39 is 0 Å². The van der Waals surface area contributed by atoms with Gasteiger partial charge in [0.05, 0.1) is 6.61 Å². The summed E-state index contributed by atoms with van der Waals surface area (Å²) >= 11 is 0. The van der Waals surface area contributed by atoms with E-state index in [1.165, 1.54) is 22.4 Å². The van der Waals surface area contributed by atoms with Gasteiger partial charge in [-0.3, -0.25) is 9.69 Å². The maximum Gasteiger partial charge on any atom is 0.253 e. The van der Waals surface area contributed by atoms with Crippen molar-refractivity contribution in [1.29, 1.82) is 0 Å². The van der Waals surface area contributed by atoms with Gasteiger partial charge in [0, 0.05) is 56.6 Å². The number of carbonyl (C=O) groups is 1. The van der Waals surface area contributed by atoms with Crippen molar-refractivity contribution in [3.8, 4) is 16.9 Å². The van der Waals surface area contributed by atoms with Gasteiger partial charge in [-0.05, 0) is 80.8 Å². The van der Waals surface area contributed by atoms with E-state index in [9.17, 15) is 4.79 Å². The van der Waals surface area contributed by atoms with Crippen LogP contribution in [-0.4, -0.2) is 61.6 Å². The molecule has 0 N–H and O–H groups in total. The summed E-state index contributed by atoms with van der Waals surface area (Å²) in [4.78, 5) is 19.4. The summed E-state index contributed by atoms with van der Waals surface area (Å²) in [5.74, 6) is 1.02. The smallest absolute Gasteiger partial charge is 0.253 e. The number of anilines is 1. The lowest BCUT2D eigenvalue weighted by Crippen LogP contribution is -2.47. The maximum absolute atomic E-state index is 12.6. The fraction of sp³-hybridized carbons (Fsp3) is 0.387. The lowest BCUT2D eigenvalue weighted by atomic mass is 10.00. The first-order chi connectivity index (χ1) is 17.5. The molecule has 1 amide bonds. The van der Waals surface area contributed by atoms with E-state index in [4.69, 9.17) is 4.74 Å². The molecule has 190 valence electrons. The number of amides is 1. The molecule has 1 aliphatic heterocycles. The minimum atomic E-state index is 0.109. The molecule has 1 atom stereocenters. The first kappa shape index (κ1) is 25.8. The fourth-order valence-electron chi connectivity index (χ4n) is 4.97. The van der Waals surface area contributed by atoms with Gasteiger partial charge in [-0.1, -0.05) is 36.4 Å². The first-order valence-corrected chi connectivity index (χ1v) is 13.3. The molecule has 1 fully saturated rings. The van der Waals surface area contributed by atoms with Crippen LogP contribution in [0, 0.1) is 0 Å². The van der Waals surface area contributed by atoms with Gasteiger partial charge in [-0.2, -0.15) is 0 Å². The highest BCUT2D eigenvalue weighted by molar-refractivity contribution is 5.94. The van der Waals surface area contributed by atoms with Crippen molar-refractivity contribution in [2.24, 2.45) is 0 Å². The highest BCUT2D eigenvalue weighted by Crippen LogP contribution is 2.28. The van der Waals surface area contributed by atoms with E-state index in [-0.39, 0.29) is 5.91 Å². The van der Waals surface area contributed by atoms with Crippen LogP contribution in [0.2, 0.25) is 0 Å². The summed E-state index contributed by atoms with van der Waals surface area (Å²) in [6.07, 6.45) is 0. The second kappa shape index (κ2) is 12.1. The Hall–Kier alpha value is -3.31. The number of carbonyl (C=O) groups excluding carboxylic acids is 1. The van der Waals surface area contributed by atoms with Crippen molar-refractivity contribution in [1.82, 2.24) is 9.80 Å². The van der Waals surface area contributed by atoms with E-state index in [0.29, 0.717) is 12.6 Å².